The van der Waals surface area contributed by atoms with Crippen molar-refractivity contribution in [1.29, 1.82) is 0 Å². The van der Waals surface area contributed by atoms with Crippen LogP contribution in [-0.4, -0.2) is 23.1 Å². The van der Waals surface area contributed by atoms with Crippen LogP contribution in [0.3, 0.4) is 0 Å². The molecule has 118 valence electrons. The number of phenolic OH excluding ortho intramolecular Hbond substituents is 1. The lowest BCUT2D eigenvalue weighted by Crippen LogP contribution is -2.32. The lowest BCUT2D eigenvalue weighted by Gasteiger charge is -2.08. The summed E-state index contributed by atoms with van der Waals surface area (Å²) in [6, 6.07) is 11.8. The summed E-state index contributed by atoms with van der Waals surface area (Å²) in [4.78, 5) is 23.5. The molecule has 0 atom stereocenters. The SMILES string of the molecule is Cc1ccc(C)c(NC(=O)C(=O)N/N=C\c2ccc(O)cc2)c1. The minimum atomic E-state index is -0.860. The highest BCUT2D eigenvalue weighted by molar-refractivity contribution is 6.39. The van der Waals surface area contributed by atoms with Crippen molar-refractivity contribution in [3.05, 3.63) is 59.2 Å². The van der Waals surface area contributed by atoms with E-state index < -0.39 is 11.8 Å². The van der Waals surface area contributed by atoms with E-state index in [-0.39, 0.29) is 5.75 Å². The first kappa shape index (κ1) is 16.2. The van der Waals surface area contributed by atoms with Gasteiger partial charge in [-0.3, -0.25) is 9.59 Å². The number of carbonyl (C=O) groups is 2. The molecule has 0 aliphatic heterocycles. The number of carbonyl (C=O) groups excluding carboxylic acids is 2. The van der Waals surface area contributed by atoms with Crippen LogP contribution in [0.5, 0.6) is 5.75 Å². The molecule has 0 saturated carbocycles. The molecule has 0 radical (unpaired) electrons. The summed E-state index contributed by atoms with van der Waals surface area (Å²) < 4.78 is 0. The van der Waals surface area contributed by atoms with E-state index in [0.29, 0.717) is 11.3 Å². The van der Waals surface area contributed by atoms with Crippen molar-refractivity contribution in [3.63, 3.8) is 0 Å². The van der Waals surface area contributed by atoms with Gasteiger partial charge in [0.15, 0.2) is 0 Å². The zero-order chi connectivity index (χ0) is 16.8. The van der Waals surface area contributed by atoms with Crippen molar-refractivity contribution >= 4 is 23.7 Å². The Hall–Kier alpha value is -3.15. The van der Waals surface area contributed by atoms with Gasteiger partial charge < -0.3 is 10.4 Å². The monoisotopic (exact) mass is 311 g/mol. The maximum atomic E-state index is 11.8. The fraction of sp³-hybridized carbons (Fsp3) is 0.118. The molecule has 6 nitrogen and oxygen atoms in total. The number of phenols is 1. The Bertz CT molecular complexity index is 752. The summed E-state index contributed by atoms with van der Waals surface area (Å²) in [5, 5.41) is 15.4. The van der Waals surface area contributed by atoms with Crippen molar-refractivity contribution in [2.24, 2.45) is 5.10 Å². The van der Waals surface area contributed by atoms with E-state index in [2.05, 4.69) is 15.8 Å². The maximum Gasteiger partial charge on any atom is 0.329 e. The van der Waals surface area contributed by atoms with Crippen LogP contribution in [0.25, 0.3) is 0 Å². The summed E-state index contributed by atoms with van der Waals surface area (Å²) in [7, 11) is 0. The molecule has 2 amide bonds. The van der Waals surface area contributed by atoms with Gasteiger partial charge in [0.2, 0.25) is 0 Å². The van der Waals surface area contributed by atoms with Gasteiger partial charge in [-0.1, -0.05) is 12.1 Å². The summed E-state index contributed by atoms with van der Waals surface area (Å²) in [5.74, 6) is -1.51. The van der Waals surface area contributed by atoms with Crippen molar-refractivity contribution in [2.45, 2.75) is 13.8 Å². The van der Waals surface area contributed by atoms with Crippen LogP contribution in [-0.2, 0) is 9.59 Å². The number of hydrogen-bond acceptors (Lipinski definition) is 4. The normalized spacial score (nSPS) is 10.5. The number of nitrogens with one attached hydrogen (secondary N) is 2. The van der Waals surface area contributed by atoms with Gasteiger partial charge in [0.05, 0.1) is 6.21 Å². The van der Waals surface area contributed by atoms with Crippen molar-refractivity contribution in [2.75, 3.05) is 5.32 Å². The molecule has 0 aliphatic carbocycles. The lowest BCUT2D eigenvalue weighted by molar-refractivity contribution is -0.136. The van der Waals surface area contributed by atoms with Crippen LogP contribution in [0.2, 0.25) is 0 Å². The Morgan fingerprint density at radius 1 is 1.04 bits per heavy atom. The van der Waals surface area contributed by atoms with Crippen LogP contribution in [0, 0.1) is 13.8 Å². The van der Waals surface area contributed by atoms with E-state index >= 15 is 0 Å². The zero-order valence-electron chi connectivity index (χ0n) is 12.8. The number of hydrogen-bond donors (Lipinski definition) is 3. The third-order valence-electron chi connectivity index (χ3n) is 3.12. The Morgan fingerprint density at radius 2 is 1.74 bits per heavy atom. The highest BCUT2D eigenvalue weighted by atomic mass is 16.3. The van der Waals surface area contributed by atoms with Crippen LogP contribution in [0.15, 0.2) is 47.6 Å². The Morgan fingerprint density at radius 3 is 2.43 bits per heavy atom. The number of aryl methyl sites for hydroxylation is 2. The largest absolute Gasteiger partial charge is 0.508 e. The van der Waals surface area contributed by atoms with E-state index in [0.717, 1.165) is 11.1 Å². The van der Waals surface area contributed by atoms with Gasteiger partial charge in [-0.05, 0) is 60.9 Å². The number of rotatable bonds is 3. The van der Waals surface area contributed by atoms with E-state index in [1.807, 2.05) is 26.0 Å². The highest BCUT2D eigenvalue weighted by Gasteiger charge is 2.13. The van der Waals surface area contributed by atoms with Gasteiger partial charge in [0, 0.05) is 5.69 Å². The average Bonchev–Trinajstić information content (AvgIpc) is 2.52. The molecule has 0 bridgehead atoms. The van der Waals surface area contributed by atoms with Crippen molar-refractivity contribution in [3.8, 4) is 5.75 Å². The summed E-state index contributed by atoms with van der Waals surface area (Å²) in [5.41, 5.74) is 5.27. The van der Waals surface area contributed by atoms with Gasteiger partial charge in [0.1, 0.15) is 5.75 Å². The molecule has 0 unspecified atom stereocenters. The number of nitrogens with zero attached hydrogens (tertiary/aromatic N) is 1. The molecule has 0 heterocycles. The average molecular weight is 311 g/mol. The van der Waals surface area contributed by atoms with Crippen molar-refractivity contribution in [1.82, 2.24) is 5.43 Å². The smallest absolute Gasteiger partial charge is 0.329 e. The number of aromatic hydroxyl groups is 1. The fourth-order valence-corrected chi connectivity index (χ4v) is 1.83. The van der Waals surface area contributed by atoms with Crippen LogP contribution in [0.4, 0.5) is 5.69 Å². The predicted octanol–water partition coefficient (Wildman–Crippen LogP) is 2.10. The second-order valence-corrected chi connectivity index (χ2v) is 5.06. The molecule has 0 fully saturated rings. The maximum absolute atomic E-state index is 11.8. The molecule has 3 N–H and O–H groups in total. The second-order valence-electron chi connectivity index (χ2n) is 5.06. The van der Waals surface area contributed by atoms with Gasteiger partial charge >= 0.3 is 11.8 Å². The molecule has 23 heavy (non-hydrogen) atoms. The topological polar surface area (TPSA) is 90.8 Å². The Kier molecular flexibility index (Phi) is 5.09. The quantitative estimate of drug-likeness (QED) is 0.460. The van der Waals surface area contributed by atoms with Gasteiger partial charge in [-0.2, -0.15) is 5.10 Å². The molecule has 0 saturated heterocycles. The van der Waals surface area contributed by atoms with Crippen molar-refractivity contribution < 1.29 is 14.7 Å². The fourth-order valence-electron chi connectivity index (χ4n) is 1.83. The summed E-state index contributed by atoms with van der Waals surface area (Å²) in [6.45, 7) is 3.74. The minimum absolute atomic E-state index is 0.138. The number of anilines is 1. The first-order valence-electron chi connectivity index (χ1n) is 6.96. The molecular weight excluding hydrogens is 294 g/mol. The predicted molar refractivity (Wildman–Crippen MR) is 88.4 cm³/mol. The third-order valence-corrected chi connectivity index (χ3v) is 3.12. The minimum Gasteiger partial charge on any atom is -0.508 e. The zero-order valence-corrected chi connectivity index (χ0v) is 12.8. The van der Waals surface area contributed by atoms with E-state index in [1.54, 1.807) is 18.2 Å². The summed E-state index contributed by atoms with van der Waals surface area (Å²) >= 11 is 0. The molecule has 0 spiro atoms. The molecule has 2 rings (SSSR count). The molecule has 2 aromatic carbocycles. The Balaban J connectivity index is 1.93. The van der Waals surface area contributed by atoms with Gasteiger partial charge in [0.25, 0.3) is 0 Å². The number of benzene rings is 2. The number of hydrazone groups is 1. The van der Waals surface area contributed by atoms with Crippen LogP contribution < -0.4 is 10.7 Å². The highest BCUT2D eigenvalue weighted by Crippen LogP contribution is 2.16. The lowest BCUT2D eigenvalue weighted by atomic mass is 10.1. The molecule has 0 aliphatic rings. The van der Waals surface area contributed by atoms with Gasteiger partial charge in [-0.15, -0.1) is 0 Å². The van der Waals surface area contributed by atoms with Gasteiger partial charge in [-0.25, -0.2) is 5.43 Å². The third kappa shape index (κ3) is 4.67. The Labute approximate surface area is 133 Å². The molecule has 0 aromatic heterocycles. The first-order valence-corrected chi connectivity index (χ1v) is 6.96. The molecular formula is C17H17N3O3. The van der Waals surface area contributed by atoms with E-state index in [4.69, 9.17) is 5.11 Å². The second kappa shape index (κ2) is 7.22. The summed E-state index contributed by atoms with van der Waals surface area (Å²) in [6.07, 6.45) is 1.38. The molecule has 2 aromatic rings. The van der Waals surface area contributed by atoms with Crippen LogP contribution >= 0.6 is 0 Å². The van der Waals surface area contributed by atoms with Crippen LogP contribution in [0.1, 0.15) is 16.7 Å². The van der Waals surface area contributed by atoms with E-state index in [9.17, 15) is 9.59 Å². The number of amides is 2. The molecule has 6 heteroatoms. The standard InChI is InChI=1S/C17H17N3O3/c1-11-3-4-12(2)15(9-11)19-16(22)17(23)20-18-10-13-5-7-14(21)8-6-13/h3-10,21H,1-2H3,(H,19,22)(H,20,23)/b18-10-. The van der Waals surface area contributed by atoms with E-state index in [1.165, 1.54) is 18.3 Å². The first-order chi connectivity index (χ1) is 11.0.